The fourth-order valence-corrected chi connectivity index (χ4v) is 2.64. The van der Waals surface area contributed by atoms with Gasteiger partial charge in [-0.15, -0.1) is 0 Å². The minimum absolute atomic E-state index is 0.108. The van der Waals surface area contributed by atoms with E-state index >= 15 is 0 Å². The summed E-state index contributed by atoms with van der Waals surface area (Å²) in [6.07, 6.45) is 0. The third-order valence-electron chi connectivity index (χ3n) is 3.86. The van der Waals surface area contributed by atoms with Crippen LogP contribution in [-0.4, -0.2) is 34.5 Å². The van der Waals surface area contributed by atoms with Crippen molar-refractivity contribution in [2.75, 3.05) is 0 Å². The van der Waals surface area contributed by atoms with Gasteiger partial charge in [0.15, 0.2) is 0 Å². The van der Waals surface area contributed by atoms with Gasteiger partial charge in [-0.1, -0.05) is 36.4 Å². The molecule has 142 valence electrons. The van der Waals surface area contributed by atoms with Gasteiger partial charge in [0, 0.05) is 11.1 Å². The van der Waals surface area contributed by atoms with E-state index in [-0.39, 0.29) is 11.5 Å². The van der Waals surface area contributed by atoms with E-state index in [1.165, 1.54) is 6.07 Å². The monoisotopic (exact) mass is 368 g/mol. The Labute approximate surface area is 158 Å². The second kappa shape index (κ2) is 8.03. The molecular formula is C21H24N2O4. The van der Waals surface area contributed by atoms with Crippen LogP contribution in [0.1, 0.15) is 48.4 Å². The minimum atomic E-state index is -1.07. The Hall–Kier alpha value is -3.15. The number of benzene rings is 2. The van der Waals surface area contributed by atoms with Crippen molar-refractivity contribution in [2.24, 2.45) is 0 Å². The molecule has 2 rings (SSSR count). The lowest BCUT2D eigenvalue weighted by molar-refractivity contribution is -0.124. The van der Waals surface area contributed by atoms with Gasteiger partial charge < -0.3 is 15.7 Å². The average Bonchev–Trinajstić information content (AvgIpc) is 2.60. The molecule has 27 heavy (non-hydrogen) atoms. The van der Waals surface area contributed by atoms with Crippen molar-refractivity contribution in [1.82, 2.24) is 10.6 Å². The molecule has 0 aliphatic rings. The molecule has 2 amide bonds. The molecule has 0 radical (unpaired) electrons. The second-order valence-electron chi connectivity index (χ2n) is 7.33. The molecule has 0 aliphatic carbocycles. The van der Waals surface area contributed by atoms with E-state index in [0.29, 0.717) is 16.7 Å². The zero-order valence-corrected chi connectivity index (χ0v) is 15.9. The highest BCUT2D eigenvalue weighted by Crippen LogP contribution is 2.27. The summed E-state index contributed by atoms with van der Waals surface area (Å²) in [5.74, 6) is -1.81. The lowest BCUT2D eigenvalue weighted by Gasteiger charge is -2.24. The highest BCUT2D eigenvalue weighted by Gasteiger charge is 2.23. The molecule has 1 atom stereocenters. The number of carboxylic acids is 1. The fourth-order valence-electron chi connectivity index (χ4n) is 2.64. The van der Waals surface area contributed by atoms with Gasteiger partial charge in [0.05, 0.1) is 5.56 Å². The van der Waals surface area contributed by atoms with Gasteiger partial charge >= 0.3 is 5.97 Å². The minimum Gasteiger partial charge on any atom is -0.478 e. The summed E-state index contributed by atoms with van der Waals surface area (Å²) in [5.41, 5.74) is 0.950. The first-order valence-electron chi connectivity index (χ1n) is 8.65. The van der Waals surface area contributed by atoms with Crippen molar-refractivity contribution >= 4 is 17.8 Å². The van der Waals surface area contributed by atoms with E-state index in [0.717, 1.165) is 0 Å². The molecule has 0 aliphatic heterocycles. The van der Waals surface area contributed by atoms with Crippen molar-refractivity contribution in [1.29, 1.82) is 0 Å². The molecule has 2 aromatic carbocycles. The first kappa shape index (κ1) is 20.2. The number of rotatable bonds is 5. The van der Waals surface area contributed by atoms with Gasteiger partial charge in [0.1, 0.15) is 6.04 Å². The molecule has 6 nitrogen and oxygen atoms in total. The smallest absolute Gasteiger partial charge is 0.336 e. The Kier molecular flexibility index (Phi) is 6.00. The third-order valence-corrected chi connectivity index (χ3v) is 3.86. The maximum atomic E-state index is 12.8. The van der Waals surface area contributed by atoms with Crippen LogP contribution in [0.15, 0.2) is 48.5 Å². The van der Waals surface area contributed by atoms with Gasteiger partial charge in [-0.2, -0.15) is 0 Å². The lowest BCUT2D eigenvalue weighted by atomic mass is 9.95. The number of carbonyl (C=O) groups excluding carboxylic acids is 2. The molecule has 6 heteroatoms. The topological polar surface area (TPSA) is 95.5 Å². The van der Waals surface area contributed by atoms with E-state index in [1.807, 2.05) is 20.8 Å². The molecule has 0 spiro atoms. The number of carbonyl (C=O) groups is 3. The Balaban J connectivity index is 2.32. The van der Waals surface area contributed by atoms with Crippen LogP contribution in [0.5, 0.6) is 0 Å². The Morgan fingerprint density at radius 1 is 0.889 bits per heavy atom. The first-order valence-corrected chi connectivity index (χ1v) is 8.65. The van der Waals surface area contributed by atoms with E-state index < -0.39 is 23.5 Å². The molecule has 0 aromatic heterocycles. The van der Waals surface area contributed by atoms with Crippen LogP contribution in [0.3, 0.4) is 0 Å². The lowest BCUT2D eigenvalue weighted by Crippen LogP contribution is -2.50. The highest BCUT2D eigenvalue weighted by atomic mass is 16.4. The normalized spacial score (nSPS) is 12.1. The number of nitrogens with one attached hydrogen (secondary N) is 2. The van der Waals surface area contributed by atoms with E-state index in [1.54, 1.807) is 49.4 Å². The van der Waals surface area contributed by atoms with Crippen LogP contribution in [0.2, 0.25) is 0 Å². The number of hydrogen-bond donors (Lipinski definition) is 3. The summed E-state index contributed by atoms with van der Waals surface area (Å²) in [5, 5.41) is 14.9. The summed E-state index contributed by atoms with van der Waals surface area (Å²) < 4.78 is 0. The van der Waals surface area contributed by atoms with Gasteiger partial charge in [-0.3, -0.25) is 9.59 Å². The molecule has 0 saturated heterocycles. The molecule has 0 saturated carbocycles. The maximum absolute atomic E-state index is 12.8. The highest BCUT2D eigenvalue weighted by molar-refractivity contribution is 6.05. The summed E-state index contributed by atoms with van der Waals surface area (Å²) in [7, 11) is 0. The van der Waals surface area contributed by atoms with Crippen LogP contribution in [0.4, 0.5) is 0 Å². The molecule has 0 fully saturated rings. The molecule has 3 N–H and O–H groups in total. The number of carboxylic acid groups (broad SMARTS) is 1. The summed E-state index contributed by atoms with van der Waals surface area (Å²) in [4.78, 5) is 36.5. The Morgan fingerprint density at radius 3 is 1.89 bits per heavy atom. The van der Waals surface area contributed by atoms with Gasteiger partial charge in [-0.25, -0.2) is 4.79 Å². The van der Waals surface area contributed by atoms with E-state index in [4.69, 9.17) is 0 Å². The van der Waals surface area contributed by atoms with Gasteiger partial charge in [-0.05, 0) is 51.0 Å². The van der Waals surface area contributed by atoms with Crippen LogP contribution in [0.25, 0.3) is 11.1 Å². The zero-order valence-electron chi connectivity index (χ0n) is 15.9. The first-order chi connectivity index (χ1) is 12.6. The van der Waals surface area contributed by atoms with Crippen LogP contribution in [0, 0.1) is 0 Å². The van der Waals surface area contributed by atoms with Crippen molar-refractivity contribution in [2.45, 2.75) is 39.3 Å². The second-order valence-corrected chi connectivity index (χ2v) is 7.33. The standard InChI is InChI=1S/C21H24N2O4/c1-13(18(24)23-21(2,3)4)22-19(25)16-11-7-5-9-14(16)15-10-6-8-12-17(15)20(26)27/h5-13H,1-4H3,(H,22,25)(H,23,24)(H,26,27). The summed E-state index contributed by atoms with van der Waals surface area (Å²) in [6, 6.07) is 12.5. The Bertz CT molecular complexity index is 868. The number of amides is 2. The zero-order chi connectivity index (χ0) is 20.2. The molecule has 2 aromatic rings. The molecule has 0 heterocycles. The van der Waals surface area contributed by atoms with Gasteiger partial charge in [0.25, 0.3) is 5.91 Å². The fraction of sp³-hybridized carbons (Fsp3) is 0.286. The quantitative estimate of drug-likeness (QED) is 0.756. The number of aromatic carboxylic acids is 1. The van der Waals surface area contributed by atoms with Crippen molar-refractivity contribution < 1.29 is 19.5 Å². The molecule has 0 bridgehead atoms. The van der Waals surface area contributed by atoms with Crippen LogP contribution < -0.4 is 10.6 Å². The third kappa shape index (κ3) is 5.17. The number of hydrogen-bond acceptors (Lipinski definition) is 3. The summed E-state index contributed by atoms with van der Waals surface area (Å²) >= 11 is 0. The summed E-state index contributed by atoms with van der Waals surface area (Å²) in [6.45, 7) is 7.18. The average molecular weight is 368 g/mol. The molecular weight excluding hydrogens is 344 g/mol. The van der Waals surface area contributed by atoms with E-state index in [9.17, 15) is 19.5 Å². The van der Waals surface area contributed by atoms with Crippen molar-refractivity contribution in [3.05, 3.63) is 59.7 Å². The predicted octanol–water partition coefficient (Wildman–Crippen LogP) is 3.08. The maximum Gasteiger partial charge on any atom is 0.336 e. The van der Waals surface area contributed by atoms with Crippen LogP contribution in [-0.2, 0) is 4.79 Å². The van der Waals surface area contributed by atoms with Gasteiger partial charge in [0.2, 0.25) is 5.91 Å². The molecule has 1 unspecified atom stereocenters. The Morgan fingerprint density at radius 2 is 1.37 bits per heavy atom. The largest absolute Gasteiger partial charge is 0.478 e. The van der Waals surface area contributed by atoms with Crippen LogP contribution >= 0.6 is 0 Å². The van der Waals surface area contributed by atoms with Crippen molar-refractivity contribution in [3.63, 3.8) is 0 Å². The predicted molar refractivity (Wildman–Crippen MR) is 104 cm³/mol. The van der Waals surface area contributed by atoms with E-state index in [2.05, 4.69) is 10.6 Å². The van der Waals surface area contributed by atoms with Crippen molar-refractivity contribution in [3.8, 4) is 11.1 Å². The SMILES string of the molecule is CC(NC(=O)c1ccccc1-c1ccccc1C(=O)O)C(=O)NC(C)(C)C.